The highest BCUT2D eigenvalue weighted by atomic mass is 35.5. The van der Waals surface area contributed by atoms with Gasteiger partial charge in [-0.25, -0.2) is 0 Å². The van der Waals surface area contributed by atoms with E-state index in [0.29, 0.717) is 0 Å². The topological polar surface area (TPSA) is 4.44 Å². The predicted molar refractivity (Wildman–Crippen MR) is 67.3 cm³/mol. The number of piperidine rings is 1. The third-order valence-corrected chi connectivity index (χ3v) is 3.40. The molecule has 1 fully saturated rings. The van der Waals surface area contributed by atoms with Gasteiger partial charge in [-0.2, -0.15) is 0 Å². The zero-order valence-electron chi connectivity index (χ0n) is 10.4. The molecule has 2 rings (SSSR count). The van der Waals surface area contributed by atoms with Crippen LogP contribution in [0.4, 0.5) is 0 Å². The second-order valence-corrected chi connectivity index (χ2v) is 4.65. The number of likely N-dealkylation sites (tertiary alicyclic amines) is 1. The Morgan fingerprint density at radius 1 is 1.24 bits per heavy atom. The summed E-state index contributed by atoms with van der Waals surface area (Å²) in [7, 11) is 0. The number of benzene rings is 1. The van der Waals surface area contributed by atoms with Crippen LogP contribution >= 0.6 is 0 Å². The van der Waals surface area contributed by atoms with E-state index in [0.717, 1.165) is 18.2 Å². The Labute approximate surface area is 111 Å². The van der Waals surface area contributed by atoms with Crippen molar-refractivity contribution < 1.29 is 17.3 Å². The molecule has 17 heavy (non-hydrogen) atoms. The maximum Gasteiger partial charge on any atom is 0.139 e. The summed E-state index contributed by atoms with van der Waals surface area (Å²) in [6.45, 7) is 4.64. The average Bonchev–Trinajstić information content (AvgIpc) is 2.33. The number of nitrogens with one attached hydrogen (secondary N) is 1. The van der Waals surface area contributed by atoms with Crippen LogP contribution in [0.25, 0.3) is 0 Å². The van der Waals surface area contributed by atoms with Crippen LogP contribution < -0.4 is 17.3 Å². The largest absolute Gasteiger partial charge is 1.00 e. The molecule has 1 heterocycles. The average molecular weight is 250 g/mol. The molecule has 1 nitrogen and oxygen atoms in total. The van der Waals surface area contributed by atoms with E-state index in [1.807, 2.05) is 18.2 Å². The Kier molecular flexibility index (Phi) is 6.11. The second kappa shape index (κ2) is 7.37. The fourth-order valence-corrected chi connectivity index (χ4v) is 2.30. The lowest BCUT2D eigenvalue weighted by molar-refractivity contribution is -0.921. The molecule has 1 aliphatic rings. The number of hydrogen-bond acceptors (Lipinski definition) is 0. The first-order chi connectivity index (χ1) is 7.86. The fourth-order valence-electron chi connectivity index (χ4n) is 2.30. The fraction of sp³-hybridized carbons (Fsp3) is 0.467. The highest BCUT2D eigenvalue weighted by Crippen LogP contribution is 2.01. The summed E-state index contributed by atoms with van der Waals surface area (Å²) in [5.41, 5.74) is 1.13. The molecule has 92 valence electrons. The van der Waals surface area contributed by atoms with E-state index >= 15 is 0 Å². The van der Waals surface area contributed by atoms with Crippen LogP contribution in [0.1, 0.15) is 31.7 Å². The van der Waals surface area contributed by atoms with E-state index in [2.05, 4.69) is 30.9 Å². The van der Waals surface area contributed by atoms with Crippen LogP contribution in [0.15, 0.2) is 30.3 Å². The van der Waals surface area contributed by atoms with Crippen molar-refractivity contribution in [3.8, 4) is 11.8 Å². The Bertz CT molecular complexity index is 377. The van der Waals surface area contributed by atoms with Gasteiger partial charge in [-0.3, -0.25) is 0 Å². The lowest BCUT2D eigenvalue weighted by Crippen LogP contribution is -3.16. The third kappa shape index (κ3) is 4.42. The van der Waals surface area contributed by atoms with Crippen molar-refractivity contribution in [2.75, 3.05) is 13.1 Å². The standard InChI is InChI=1S/C15H19N.ClH/c1-14-8-5-6-12-16(14)13-7-11-15-9-3-2-4-10-15;/h2-4,9-10,14H,5-6,8,12-13H2,1H3;1H. The van der Waals surface area contributed by atoms with Crippen molar-refractivity contribution in [3.05, 3.63) is 35.9 Å². The van der Waals surface area contributed by atoms with Gasteiger partial charge in [-0.05, 0) is 44.2 Å². The maximum absolute atomic E-state index is 3.31. The monoisotopic (exact) mass is 249 g/mol. The molecule has 0 saturated carbocycles. The Balaban J connectivity index is 0.00000144. The SMILES string of the molecule is CC1CCCC[NH+]1CC#Cc1ccccc1.[Cl-]. The minimum absolute atomic E-state index is 0. The van der Waals surface area contributed by atoms with Gasteiger partial charge in [0.1, 0.15) is 6.54 Å². The van der Waals surface area contributed by atoms with Gasteiger partial charge in [0.2, 0.25) is 0 Å². The third-order valence-electron chi connectivity index (χ3n) is 3.40. The molecule has 1 aromatic rings. The zero-order valence-corrected chi connectivity index (χ0v) is 11.1. The molecule has 2 unspecified atom stereocenters. The van der Waals surface area contributed by atoms with Gasteiger partial charge in [0.05, 0.1) is 12.6 Å². The van der Waals surface area contributed by atoms with Crippen molar-refractivity contribution in [3.63, 3.8) is 0 Å². The summed E-state index contributed by atoms with van der Waals surface area (Å²) in [5, 5.41) is 0. The molecule has 1 aromatic carbocycles. The maximum atomic E-state index is 3.31. The molecule has 0 bridgehead atoms. The van der Waals surface area contributed by atoms with Gasteiger partial charge in [-0.15, -0.1) is 0 Å². The predicted octanol–water partition coefficient (Wildman–Crippen LogP) is -1.50. The van der Waals surface area contributed by atoms with Crippen LogP contribution in [0.3, 0.4) is 0 Å². The molecule has 1 saturated heterocycles. The summed E-state index contributed by atoms with van der Waals surface area (Å²) < 4.78 is 0. The molecule has 0 aromatic heterocycles. The van der Waals surface area contributed by atoms with Crippen LogP contribution in [-0.4, -0.2) is 19.1 Å². The van der Waals surface area contributed by atoms with Crippen molar-refractivity contribution in [2.45, 2.75) is 32.2 Å². The lowest BCUT2D eigenvalue weighted by Gasteiger charge is -2.28. The van der Waals surface area contributed by atoms with Gasteiger partial charge >= 0.3 is 0 Å². The second-order valence-electron chi connectivity index (χ2n) is 4.65. The first kappa shape index (κ1) is 14.1. The smallest absolute Gasteiger partial charge is 0.139 e. The Morgan fingerprint density at radius 3 is 2.71 bits per heavy atom. The van der Waals surface area contributed by atoms with Gasteiger partial charge in [0.25, 0.3) is 0 Å². The van der Waals surface area contributed by atoms with Crippen molar-refractivity contribution in [1.29, 1.82) is 0 Å². The van der Waals surface area contributed by atoms with Crippen molar-refractivity contribution >= 4 is 0 Å². The number of rotatable bonds is 1. The van der Waals surface area contributed by atoms with Crippen molar-refractivity contribution in [1.82, 2.24) is 0 Å². The minimum Gasteiger partial charge on any atom is -1.00 e. The summed E-state index contributed by atoms with van der Waals surface area (Å²) in [4.78, 5) is 1.66. The van der Waals surface area contributed by atoms with E-state index in [1.165, 1.54) is 25.8 Å². The van der Waals surface area contributed by atoms with Gasteiger partial charge < -0.3 is 17.3 Å². The quantitative estimate of drug-likeness (QED) is 0.578. The molecule has 0 amide bonds. The summed E-state index contributed by atoms with van der Waals surface area (Å²) in [6.07, 6.45) is 4.13. The summed E-state index contributed by atoms with van der Waals surface area (Å²) in [6, 6.07) is 11.0. The van der Waals surface area contributed by atoms with Gasteiger partial charge in [0, 0.05) is 5.56 Å². The minimum atomic E-state index is 0. The van der Waals surface area contributed by atoms with E-state index in [-0.39, 0.29) is 12.4 Å². The first-order valence-corrected chi connectivity index (χ1v) is 6.25. The molecule has 1 N–H and O–H groups in total. The Hall–Kier alpha value is -0.970. The number of halogens is 1. The van der Waals surface area contributed by atoms with E-state index < -0.39 is 0 Å². The molecule has 2 atom stereocenters. The lowest BCUT2D eigenvalue weighted by atomic mass is 10.0. The normalized spacial score (nSPS) is 23.1. The molecular weight excluding hydrogens is 230 g/mol. The molecule has 0 spiro atoms. The van der Waals surface area contributed by atoms with Crippen LogP contribution in [-0.2, 0) is 0 Å². The van der Waals surface area contributed by atoms with E-state index in [1.54, 1.807) is 4.90 Å². The number of hydrogen-bond donors (Lipinski definition) is 1. The molecule has 2 heteroatoms. The highest BCUT2D eigenvalue weighted by Gasteiger charge is 2.20. The molecule has 0 aliphatic carbocycles. The number of quaternary nitrogens is 1. The van der Waals surface area contributed by atoms with Crippen LogP contribution in [0, 0.1) is 11.8 Å². The summed E-state index contributed by atoms with van der Waals surface area (Å²) in [5.74, 6) is 6.56. The van der Waals surface area contributed by atoms with Crippen LogP contribution in [0.2, 0.25) is 0 Å². The van der Waals surface area contributed by atoms with Gasteiger partial charge in [0.15, 0.2) is 0 Å². The molecule has 0 radical (unpaired) electrons. The van der Waals surface area contributed by atoms with Crippen molar-refractivity contribution in [2.24, 2.45) is 0 Å². The van der Waals surface area contributed by atoms with Crippen LogP contribution in [0.5, 0.6) is 0 Å². The molecule has 1 aliphatic heterocycles. The van der Waals surface area contributed by atoms with E-state index in [4.69, 9.17) is 0 Å². The van der Waals surface area contributed by atoms with Gasteiger partial charge in [-0.1, -0.05) is 24.1 Å². The Morgan fingerprint density at radius 2 is 2.00 bits per heavy atom. The summed E-state index contributed by atoms with van der Waals surface area (Å²) >= 11 is 0. The van der Waals surface area contributed by atoms with E-state index in [9.17, 15) is 0 Å². The molecular formula is C15H20ClN. The highest BCUT2D eigenvalue weighted by molar-refractivity contribution is 5.33. The zero-order chi connectivity index (χ0) is 11.2. The first-order valence-electron chi connectivity index (χ1n) is 6.25.